The predicted molar refractivity (Wildman–Crippen MR) is 69.7 cm³/mol. The van der Waals surface area contributed by atoms with Crippen molar-refractivity contribution in [1.82, 2.24) is 14.7 Å². The number of nitrogens with zero attached hydrogens (tertiary/aromatic N) is 3. The van der Waals surface area contributed by atoms with Crippen LogP contribution >= 0.6 is 0 Å². The van der Waals surface area contributed by atoms with Gasteiger partial charge in [-0.1, -0.05) is 0 Å². The lowest BCUT2D eigenvalue weighted by molar-refractivity contribution is 0.249. The van der Waals surface area contributed by atoms with E-state index in [0.717, 1.165) is 32.1 Å². The first kappa shape index (κ1) is 12.6. The molecule has 2 N–H and O–H groups in total. The van der Waals surface area contributed by atoms with Gasteiger partial charge >= 0.3 is 0 Å². The van der Waals surface area contributed by atoms with Crippen molar-refractivity contribution in [2.45, 2.75) is 51.7 Å². The molecule has 0 spiro atoms. The quantitative estimate of drug-likeness (QED) is 0.785. The molecule has 0 unspecified atom stereocenters. The molecule has 2 rings (SSSR count). The highest BCUT2D eigenvalue weighted by molar-refractivity contribution is 5.01. The molecule has 1 aliphatic carbocycles. The molecule has 0 radical (unpaired) electrons. The van der Waals surface area contributed by atoms with E-state index in [1.807, 2.05) is 4.68 Å². The lowest BCUT2D eigenvalue weighted by Gasteiger charge is -2.20. The summed E-state index contributed by atoms with van der Waals surface area (Å²) >= 11 is 0. The van der Waals surface area contributed by atoms with Gasteiger partial charge in [0.25, 0.3) is 0 Å². The van der Waals surface area contributed by atoms with Crippen molar-refractivity contribution < 1.29 is 0 Å². The smallest absolute Gasteiger partial charge is 0.0764 e. The van der Waals surface area contributed by atoms with Crippen LogP contribution in [0.2, 0.25) is 0 Å². The van der Waals surface area contributed by atoms with Crippen molar-refractivity contribution in [3.63, 3.8) is 0 Å². The van der Waals surface area contributed by atoms with Gasteiger partial charge < -0.3 is 5.73 Å². The number of hydrogen-bond acceptors (Lipinski definition) is 3. The van der Waals surface area contributed by atoms with Crippen LogP contribution in [0.1, 0.15) is 44.8 Å². The molecule has 4 nitrogen and oxygen atoms in total. The highest BCUT2D eigenvalue weighted by Gasteiger charge is 2.28. The summed E-state index contributed by atoms with van der Waals surface area (Å²) in [4.78, 5) is 2.53. The molecule has 1 fully saturated rings. The van der Waals surface area contributed by atoms with Gasteiger partial charge in [-0.2, -0.15) is 5.10 Å². The van der Waals surface area contributed by atoms with Crippen molar-refractivity contribution in [3.05, 3.63) is 18.0 Å². The molecule has 1 heterocycles. The fourth-order valence-corrected chi connectivity index (χ4v) is 2.08. The molecular weight excluding hydrogens is 212 g/mol. The highest BCUT2D eigenvalue weighted by atomic mass is 15.3. The van der Waals surface area contributed by atoms with Crippen LogP contribution in [0.3, 0.4) is 0 Å². The van der Waals surface area contributed by atoms with E-state index < -0.39 is 0 Å². The average molecular weight is 236 g/mol. The van der Waals surface area contributed by atoms with Crippen LogP contribution in [-0.4, -0.2) is 33.8 Å². The fourth-order valence-electron chi connectivity index (χ4n) is 2.08. The van der Waals surface area contributed by atoms with Crippen molar-refractivity contribution in [3.8, 4) is 0 Å². The zero-order valence-corrected chi connectivity index (χ0v) is 11.0. The average Bonchev–Trinajstić information content (AvgIpc) is 3.04. The van der Waals surface area contributed by atoms with Gasteiger partial charge in [0, 0.05) is 31.4 Å². The molecule has 0 aromatic carbocycles. The van der Waals surface area contributed by atoms with Gasteiger partial charge in [-0.05, 0) is 45.7 Å². The van der Waals surface area contributed by atoms with Crippen LogP contribution in [0, 0.1) is 0 Å². The summed E-state index contributed by atoms with van der Waals surface area (Å²) in [5.74, 6) is 0. The Balaban J connectivity index is 1.91. The lowest BCUT2D eigenvalue weighted by atomic mass is 10.3. The molecule has 1 aliphatic rings. The van der Waals surface area contributed by atoms with Gasteiger partial charge in [0.2, 0.25) is 0 Å². The van der Waals surface area contributed by atoms with E-state index in [4.69, 9.17) is 5.73 Å². The predicted octanol–water partition coefficient (Wildman–Crippen LogP) is 1.78. The third-order valence-corrected chi connectivity index (χ3v) is 3.27. The zero-order chi connectivity index (χ0) is 12.3. The molecular formula is C13H24N4. The summed E-state index contributed by atoms with van der Waals surface area (Å²) in [6.07, 6.45) is 5.85. The Morgan fingerprint density at radius 2 is 2.29 bits per heavy atom. The first-order chi connectivity index (χ1) is 8.20. The van der Waals surface area contributed by atoms with Crippen LogP contribution in [0.4, 0.5) is 0 Å². The van der Waals surface area contributed by atoms with Crippen LogP contribution < -0.4 is 5.73 Å². The van der Waals surface area contributed by atoms with E-state index >= 15 is 0 Å². The van der Waals surface area contributed by atoms with Gasteiger partial charge in [0.15, 0.2) is 0 Å². The first-order valence-corrected chi connectivity index (χ1v) is 6.69. The number of nitrogens with two attached hydrogens (primary N) is 1. The van der Waals surface area contributed by atoms with Crippen LogP contribution in [0.15, 0.2) is 12.3 Å². The van der Waals surface area contributed by atoms with E-state index in [9.17, 15) is 0 Å². The number of rotatable bonds is 7. The third-order valence-electron chi connectivity index (χ3n) is 3.27. The third kappa shape index (κ3) is 3.54. The van der Waals surface area contributed by atoms with Crippen LogP contribution in [0.25, 0.3) is 0 Å². The van der Waals surface area contributed by atoms with Gasteiger partial charge in [-0.15, -0.1) is 0 Å². The van der Waals surface area contributed by atoms with Crippen molar-refractivity contribution >= 4 is 0 Å². The van der Waals surface area contributed by atoms with Gasteiger partial charge in [-0.25, -0.2) is 0 Å². The van der Waals surface area contributed by atoms with Gasteiger partial charge in [0.1, 0.15) is 0 Å². The van der Waals surface area contributed by atoms with E-state index in [1.54, 1.807) is 0 Å². The summed E-state index contributed by atoms with van der Waals surface area (Å²) in [6.45, 7) is 7.18. The molecule has 1 aromatic rings. The Morgan fingerprint density at radius 1 is 1.53 bits per heavy atom. The van der Waals surface area contributed by atoms with Crippen molar-refractivity contribution in [2.24, 2.45) is 5.73 Å². The van der Waals surface area contributed by atoms with Crippen LogP contribution in [0.5, 0.6) is 0 Å². The Hall–Kier alpha value is -0.870. The molecule has 1 aromatic heterocycles. The summed E-state index contributed by atoms with van der Waals surface area (Å²) in [7, 11) is 0. The van der Waals surface area contributed by atoms with E-state index in [2.05, 4.69) is 36.1 Å². The topological polar surface area (TPSA) is 47.1 Å². The van der Waals surface area contributed by atoms with Crippen molar-refractivity contribution in [2.75, 3.05) is 13.1 Å². The maximum absolute atomic E-state index is 5.59. The summed E-state index contributed by atoms with van der Waals surface area (Å²) < 4.78 is 2.03. The number of hydrogen-bond donors (Lipinski definition) is 1. The molecule has 0 amide bonds. The van der Waals surface area contributed by atoms with Crippen molar-refractivity contribution in [1.29, 1.82) is 0 Å². The monoisotopic (exact) mass is 236 g/mol. The Morgan fingerprint density at radius 3 is 2.82 bits per heavy atom. The molecule has 96 valence electrons. The second-order valence-electron chi connectivity index (χ2n) is 5.22. The molecule has 4 heteroatoms. The fraction of sp³-hybridized carbons (Fsp3) is 0.769. The highest BCUT2D eigenvalue weighted by Crippen LogP contribution is 2.28. The Kier molecular flexibility index (Phi) is 4.18. The second-order valence-corrected chi connectivity index (χ2v) is 5.22. The lowest BCUT2D eigenvalue weighted by Crippen LogP contribution is -2.28. The summed E-state index contributed by atoms with van der Waals surface area (Å²) in [5, 5.41) is 4.61. The van der Waals surface area contributed by atoms with Gasteiger partial charge in [-0.3, -0.25) is 9.58 Å². The summed E-state index contributed by atoms with van der Waals surface area (Å²) in [6, 6.07) is 3.37. The van der Waals surface area contributed by atoms with E-state index in [0.29, 0.717) is 6.04 Å². The molecule has 17 heavy (non-hydrogen) atoms. The standard InChI is InChI=1S/C13H24N4/c1-11(2)17-9-6-12(15-17)10-16(8-3-7-14)13-4-5-13/h6,9,11,13H,3-5,7-8,10,14H2,1-2H3. The maximum Gasteiger partial charge on any atom is 0.0764 e. The van der Waals surface area contributed by atoms with E-state index in [-0.39, 0.29) is 0 Å². The molecule has 0 atom stereocenters. The SMILES string of the molecule is CC(C)n1ccc(CN(CCCN)C2CC2)n1. The Bertz CT molecular complexity index is 341. The molecule has 0 bridgehead atoms. The second kappa shape index (κ2) is 5.65. The van der Waals surface area contributed by atoms with Gasteiger partial charge in [0.05, 0.1) is 5.69 Å². The number of aromatic nitrogens is 2. The minimum Gasteiger partial charge on any atom is -0.330 e. The summed E-state index contributed by atoms with van der Waals surface area (Å²) in [5.41, 5.74) is 6.77. The Labute approximate surface area is 104 Å². The minimum absolute atomic E-state index is 0.446. The van der Waals surface area contributed by atoms with E-state index in [1.165, 1.54) is 18.5 Å². The largest absolute Gasteiger partial charge is 0.330 e. The molecule has 1 saturated carbocycles. The molecule has 0 aliphatic heterocycles. The van der Waals surface area contributed by atoms with Crippen LogP contribution in [-0.2, 0) is 6.54 Å². The zero-order valence-electron chi connectivity index (χ0n) is 11.0. The maximum atomic E-state index is 5.59. The first-order valence-electron chi connectivity index (χ1n) is 6.69. The minimum atomic E-state index is 0.446. The molecule has 0 saturated heterocycles. The normalized spacial score (nSPS) is 16.1.